The van der Waals surface area contributed by atoms with Gasteiger partial charge in [0.15, 0.2) is 0 Å². The molecular formula is C16H18ClN3O3S2. The Labute approximate surface area is 156 Å². The Morgan fingerprint density at radius 1 is 1.24 bits per heavy atom. The first kappa shape index (κ1) is 18.0. The molecular weight excluding hydrogens is 382 g/mol. The molecule has 1 aliphatic rings. The van der Waals surface area contributed by atoms with Crippen LogP contribution in [-0.2, 0) is 21.4 Å². The Morgan fingerprint density at radius 2 is 2.00 bits per heavy atom. The van der Waals surface area contributed by atoms with E-state index < -0.39 is 10.0 Å². The van der Waals surface area contributed by atoms with Crippen molar-refractivity contribution in [3.63, 3.8) is 0 Å². The summed E-state index contributed by atoms with van der Waals surface area (Å²) in [4.78, 5) is 13.8. The van der Waals surface area contributed by atoms with Gasteiger partial charge in [-0.15, -0.1) is 11.3 Å². The number of hydrogen-bond acceptors (Lipinski definition) is 5. The van der Waals surface area contributed by atoms with E-state index in [9.17, 15) is 13.2 Å². The molecule has 1 aromatic carbocycles. The van der Waals surface area contributed by atoms with Gasteiger partial charge in [-0.05, 0) is 30.3 Å². The second-order valence-corrected chi connectivity index (χ2v) is 9.46. The molecule has 0 unspecified atom stereocenters. The number of fused-ring (bicyclic) bond motifs is 1. The summed E-state index contributed by atoms with van der Waals surface area (Å²) in [6, 6.07) is 8.52. The van der Waals surface area contributed by atoms with Crippen molar-refractivity contribution in [3.05, 3.63) is 40.2 Å². The number of carbonyl (C=O) groups excluding carboxylic acids is 1. The predicted octanol–water partition coefficient (Wildman–Crippen LogP) is 2.68. The fourth-order valence-corrected chi connectivity index (χ4v) is 5.70. The summed E-state index contributed by atoms with van der Waals surface area (Å²) in [7, 11) is -1.75. The highest BCUT2D eigenvalue weighted by Crippen LogP contribution is 2.38. The van der Waals surface area contributed by atoms with E-state index in [-0.39, 0.29) is 10.1 Å². The predicted molar refractivity (Wildman–Crippen MR) is 101 cm³/mol. The van der Waals surface area contributed by atoms with Crippen LogP contribution < -0.4 is 14.5 Å². The molecule has 0 fully saturated rings. The summed E-state index contributed by atoms with van der Waals surface area (Å²) in [5.41, 5.74) is 1.41. The van der Waals surface area contributed by atoms with E-state index in [4.69, 9.17) is 11.6 Å². The van der Waals surface area contributed by atoms with E-state index in [2.05, 4.69) is 5.32 Å². The zero-order chi connectivity index (χ0) is 18.2. The third kappa shape index (κ3) is 3.61. The first-order valence-electron chi connectivity index (χ1n) is 7.65. The number of benzene rings is 1. The second-order valence-electron chi connectivity index (χ2n) is 5.76. The van der Waals surface area contributed by atoms with Crippen LogP contribution >= 0.6 is 22.9 Å². The van der Waals surface area contributed by atoms with E-state index in [1.165, 1.54) is 22.6 Å². The SMILES string of the molecule is CC(=O)NCc1ccc(S(=O)(=O)N2CCN(C)c3cc(Cl)ccc32)s1. The monoisotopic (exact) mass is 399 g/mol. The van der Waals surface area contributed by atoms with E-state index >= 15 is 0 Å². The van der Waals surface area contributed by atoms with E-state index in [1.54, 1.807) is 30.3 Å². The average molecular weight is 400 g/mol. The van der Waals surface area contributed by atoms with Gasteiger partial charge in [0, 0.05) is 30.4 Å². The molecule has 1 aromatic heterocycles. The Hall–Kier alpha value is -1.77. The molecule has 1 aliphatic heterocycles. The maximum atomic E-state index is 13.1. The van der Waals surface area contributed by atoms with Gasteiger partial charge in [0.05, 0.1) is 24.5 Å². The molecule has 1 amide bonds. The van der Waals surface area contributed by atoms with Crippen molar-refractivity contribution in [1.29, 1.82) is 0 Å². The van der Waals surface area contributed by atoms with Crippen molar-refractivity contribution in [3.8, 4) is 0 Å². The Balaban J connectivity index is 1.93. The Kier molecular flexibility index (Phi) is 4.95. The van der Waals surface area contributed by atoms with Gasteiger partial charge in [0.2, 0.25) is 5.91 Å². The lowest BCUT2D eigenvalue weighted by atomic mass is 10.2. The van der Waals surface area contributed by atoms with Crippen LogP contribution in [0.4, 0.5) is 11.4 Å². The number of nitrogens with zero attached hydrogens (tertiary/aromatic N) is 2. The zero-order valence-corrected chi connectivity index (χ0v) is 16.2. The number of nitrogens with one attached hydrogen (secondary N) is 1. The summed E-state index contributed by atoms with van der Waals surface area (Å²) in [5, 5.41) is 3.24. The number of halogens is 1. The molecule has 134 valence electrons. The first-order chi connectivity index (χ1) is 11.8. The van der Waals surface area contributed by atoms with Crippen LogP contribution in [0.3, 0.4) is 0 Å². The average Bonchev–Trinajstić information content (AvgIpc) is 3.03. The maximum absolute atomic E-state index is 13.1. The molecule has 0 spiro atoms. The minimum atomic E-state index is -3.66. The van der Waals surface area contributed by atoms with Gasteiger partial charge in [-0.2, -0.15) is 0 Å². The lowest BCUT2D eigenvalue weighted by molar-refractivity contribution is -0.119. The second kappa shape index (κ2) is 6.86. The smallest absolute Gasteiger partial charge is 0.273 e. The molecule has 25 heavy (non-hydrogen) atoms. The molecule has 0 saturated heterocycles. The maximum Gasteiger partial charge on any atom is 0.273 e. The number of amides is 1. The van der Waals surface area contributed by atoms with Crippen LogP contribution in [0.15, 0.2) is 34.5 Å². The highest BCUT2D eigenvalue weighted by molar-refractivity contribution is 7.94. The minimum Gasteiger partial charge on any atom is -0.371 e. The fourth-order valence-electron chi connectivity index (χ4n) is 2.66. The van der Waals surface area contributed by atoms with Crippen molar-refractivity contribution >= 4 is 50.2 Å². The summed E-state index contributed by atoms with van der Waals surface area (Å²) >= 11 is 7.23. The number of likely N-dealkylation sites (N-methyl/N-ethyl adjacent to an activating group) is 1. The van der Waals surface area contributed by atoms with E-state index in [0.717, 1.165) is 10.6 Å². The molecule has 3 rings (SSSR count). The van der Waals surface area contributed by atoms with Crippen LogP contribution in [-0.4, -0.2) is 34.5 Å². The number of thiophene rings is 1. The molecule has 2 heterocycles. The third-order valence-electron chi connectivity index (χ3n) is 3.95. The van der Waals surface area contributed by atoms with Crippen molar-refractivity contribution in [2.45, 2.75) is 17.7 Å². The molecule has 1 N–H and O–H groups in total. The van der Waals surface area contributed by atoms with Gasteiger partial charge in [-0.25, -0.2) is 8.42 Å². The minimum absolute atomic E-state index is 0.150. The summed E-state index contributed by atoms with van der Waals surface area (Å²) in [6.07, 6.45) is 0. The molecule has 6 nitrogen and oxygen atoms in total. The number of anilines is 2. The van der Waals surface area contributed by atoms with Gasteiger partial charge in [0.1, 0.15) is 4.21 Å². The van der Waals surface area contributed by atoms with Crippen LogP contribution in [0.5, 0.6) is 0 Å². The summed E-state index contributed by atoms with van der Waals surface area (Å²) in [5.74, 6) is -0.150. The Morgan fingerprint density at radius 3 is 2.72 bits per heavy atom. The number of carbonyl (C=O) groups is 1. The topological polar surface area (TPSA) is 69.7 Å². The molecule has 9 heteroatoms. The van der Waals surface area contributed by atoms with Gasteiger partial charge >= 0.3 is 0 Å². The quantitative estimate of drug-likeness (QED) is 0.858. The zero-order valence-electron chi connectivity index (χ0n) is 13.8. The normalized spacial score (nSPS) is 14.4. The molecule has 0 saturated carbocycles. The van der Waals surface area contributed by atoms with Crippen molar-refractivity contribution < 1.29 is 13.2 Å². The van der Waals surface area contributed by atoms with Gasteiger partial charge in [-0.3, -0.25) is 9.10 Å². The molecule has 2 aromatic rings. The largest absolute Gasteiger partial charge is 0.371 e. The van der Waals surface area contributed by atoms with Crippen molar-refractivity contribution in [2.24, 2.45) is 0 Å². The van der Waals surface area contributed by atoms with E-state index in [1.807, 2.05) is 11.9 Å². The highest BCUT2D eigenvalue weighted by atomic mass is 35.5. The van der Waals surface area contributed by atoms with E-state index in [0.29, 0.717) is 30.3 Å². The first-order valence-corrected chi connectivity index (χ1v) is 10.3. The Bertz CT molecular complexity index is 911. The summed E-state index contributed by atoms with van der Waals surface area (Å²) < 4.78 is 27.9. The van der Waals surface area contributed by atoms with Gasteiger partial charge < -0.3 is 10.2 Å². The number of hydrogen-bond donors (Lipinski definition) is 1. The summed E-state index contributed by atoms with van der Waals surface area (Å²) in [6.45, 7) is 2.70. The third-order valence-corrected chi connectivity index (χ3v) is 7.55. The molecule has 0 aliphatic carbocycles. The van der Waals surface area contributed by atoms with Crippen molar-refractivity contribution in [2.75, 3.05) is 29.3 Å². The lowest BCUT2D eigenvalue weighted by Crippen LogP contribution is -2.42. The lowest BCUT2D eigenvalue weighted by Gasteiger charge is -2.35. The van der Waals surface area contributed by atoms with Gasteiger partial charge in [0.25, 0.3) is 10.0 Å². The fraction of sp³-hybridized carbons (Fsp3) is 0.312. The number of rotatable bonds is 4. The standard InChI is InChI=1S/C16H18ClN3O3S2/c1-11(21)18-10-13-4-6-16(24-13)25(22,23)20-8-7-19(2)15-9-12(17)3-5-14(15)20/h3-6,9H,7-8,10H2,1-2H3,(H,18,21). The van der Waals surface area contributed by atoms with Crippen LogP contribution in [0.25, 0.3) is 0 Å². The van der Waals surface area contributed by atoms with Crippen LogP contribution in [0.2, 0.25) is 5.02 Å². The van der Waals surface area contributed by atoms with Crippen LogP contribution in [0, 0.1) is 0 Å². The molecule has 0 radical (unpaired) electrons. The number of sulfonamides is 1. The molecule has 0 bridgehead atoms. The van der Waals surface area contributed by atoms with Crippen LogP contribution in [0.1, 0.15) is 11.8 Å². The van der Waals surface area contributed by atoms with Crippen molar-refractivity contribution in [1.82, 2.24) is 5.32 Å². The van der Waals surface area contributed by atoms with Gasteiger partial charge in [-0.1, -0.05) is 11.6 Å². The molecule has 0 atom stereocenters. The highest BCUT2D eigenvalue weighted by Gasteiger charge is 2.32.